The number of H-pyrrole nitrogens is 1. The van der Waals surface area contributed by atoms with Gasteiger partial charge in [0.05, 0.1) is 12.3 Å². The second-order valence-electron chi connectivity index (χ2n) is 4.29. The highest BCUT2D eigenvalue weighted by Crippen LogP contribution is 2.13. The lowest BCUT2D eigenvalue weighted by molar-refractivity contribution is 0.457. The lowest BCUT2D eigenvalue weighted by Crippen LogP contribution is -2.28. The molecule has 0 bridgehead atoms. The number of nitrogens with one attached hydrogen (secondary N) is 1. The van der Waals surface area contributed by atoms with Gasteiger partial charge in [-0.15, -0.1) is 0 Å². The van der Waals surface area contributed by atoms with Crippen molar-refractivity contribution in [1.82, 2.24) is 14.3 Å². The maximum absolute atomic E-state index is 12.2. The van der Waals surface area contributed by atoms with E-state index in [2.05, 4.69) is 9.97 Å². The Morgan fingerprint density at radius 1 is 1.32 bits per heavy atom. The van der Waals surface area contributed by atoms with Crippen LogP contribution in [0, 0.1) is 0 Å². The first-order chi connectivity index (χ1) is 8.97. The molecule has 7 heteroatoms. The Morgan fingerprint density at radius 3 is 2.58 bits per heavy atom. The second-order valence-corrected chi connectivity index (χ2v) is 6.37. The Kier molecular flexibility index (Phi) is 3.87. The van der Waals surface area contributed by atoms with E-state index in [-0.39, 0.29) is 12.3 Å². The molecule has 0 saturated heterocycles. The number of benzene rings is 1. The van der Waals surface area contributed by atoms with E-state index in [0.717, 1.165) is 0 Å². The van der Waals surface area contributed by atoms with Gasteiger partial charge in [0.2, 0.25) is 10.0 Å². The number of aromatic nitrogens is 2. The molecule has 0 aliphatic carbocycles. The maximum atomic E-state index is 12.2. The fourth-order valence-corrected chi connectivity index (χ4v) is 2.78. The Balaban J connectivity index is 2.07. The Hall–Kier alpha value is -1.86. The summed E-state index contributed by atoms with van der Waals surface area (Å²) < 4.78 is 25.6. The number of aromatic amines is 1. The molecule has 1 aromatic heterocycles. The molecule has 3 N–H and O–H groups in total. The summed E-state index contributed by atoms with van der Waals surface area (Å²) in [6.07, 6.45) is 3.26. The predicted molar refractivity (Wildman–Crippen MR) is 73.5 cm³/mol. The maximum Gasteiger partial charge on any atom is 0.218 e. The Morgan fingerprint density at radius 2 is 2.00 bits per heavy atom. The summed E-state index contributed by atoms with van der Waals surface area (Å²) in [6.45, 7) is 0.226. The van der Waals surface area contributed by atoms with Crippen LogP contribution in [0.15, 0.2) is 36.7 Å². The topological polar surface area (TPSA) is 92.1 Å². The van der Waals surface area contributed by atoms with E-state index in [0.29, 0.717) is 17.1 Å². The van der Waals surface area contributed by atoms with Crippen molar-refractivity contribution in [2.24, 2.45) is 0 Å². The largest absolute Gasteiger partial charge is 0.399 e. The van der Waals surface area contributed by atoms with Crippen LogP contribution in [0.25, 0.3) is 0 Å². The first kappa shape index (κ1) is 13.6. The average Bonchev–Trinajstić information content (AvgIpc) is 2.84. The van der Waals surface area contributed by atoms with Crippen molar-refractivity contribution in [2.45, 2.75) is 12.3 Å². The molecule has 0 spiro atoms. The van der Waals surface area contributed by atoms with E-state index in [9.17, 15) is 8.42 Å². The molecule has 1 aromatic carbocycles. The summed E-state index contributed by atoms with van der Waals surface area (Å²) in [5.41, 5.74) is 6.89. The fraction of sp³-hybridized carbons (Fsp3) is 0.250. The number of anilines is 1. The summed E-state index contributed by atoms with van der Waals surface area (Å²) >= 11 is 0. The van der Waals surface area contributed by atoms with Crippen LogP contribution in [0.1, 0.15) is 11.4 Å². The van der Waals surface area contributed by atoms with Crippen molar-refractivity contribution in [2.75, 3.05) is 12.8 Å². The highest BCUT2D eigenvalue weighted by molar-refractivity contribution is 7.88. The van der Waals surface area contributed by atoms with Gasteiger partial charge in [-0.1, -0.05) is 12.1 Å². The SMILES string of the molecule is CN(Cc1ncc[nH]1)S(=O)(=O)Cc1ccc(N)cc1. The fourth-order valence-electron chi connectivity index (χ4n) is 1.63. The van der Waals surface area contributed by atoms with Gasteiger partial charge in [-0.05, 0) is 17.7 Å². The zero-order chi connectivity index (χ0) is 13.9. The van der Waals surface area contributed by atoms with Gasteiger partial charge in [-0.2, -0.15) is 4.31 Å². The number of hydrogen-bond acceptors (Lipinski definition) is 4. The van der Waals surface area contributed by atoms with E-state index in [1.165, 1.54) is 11.4 Å². The van der Waals surface area contributed by atoms with Gasteiger partial charge in [0, 0.05) is 25.1 Å². The van der Waals surface area contributed by atoms with E-state index in [1.807, 2.05) is 0 Å². The lowest BCUT2D eigenvalue weighted by atomic mass is 10.2. The van der Waals surface area contributed by atoms with Crippen molar-refractivity contribution in [1.29, 1.82) is 0 Å². The third-order valence-corrected chi connectivity index (χ3v) is 4.51. The number of imidazole rings is 1. The lowest BCUT2D eigenvalue weighted by Gasteiger charge is -2.16. The summed E-state index contributed by atoms with van der Waals surface area (Å²) in [5, 5.41) is 0. The van der Waals surface area contributed by atoms with Gasteiger partial charge in [-0.25, -0.2) is 13.4 Å². The van der Waals surface area contributed by atoms with Crippen molar-refractivity contribution in [3.05, 3.63) is 48.0 Å². The highest BCUT2D eigenvalue weighted by Gasteiger charge is 2.19. The summed E-state index contributed by atoms with van der Waals surface area (Å²) in [5.74, 6) is 0.563. The van der Waals surface area contributed by atoms with Crippen molar-refractivity contribution < 1.29 is 8.42 Å². The Bertz CT molecular complexity index is 620. The molecule has 6 nitrogen and oxygen atoms in total. The summed E-state index contributed by atoms with van der Waals surface area (Å²) in [6, 6.07) is 6.82. The van der Waals surface area contributed by atoms with E-state index in [4.69, 9.17) is 5.73 Å². The van der Waals surface area contributed by atoms with Crippen molar-refractivity contribution in [3.8, 4) is 0 Å². The molecule has 0 amide bonds. The van der Waals surface area contributed by atoms with Crippen LogP contribution in [-0.2, 0) is 22.3 Å². The number of nitrogen functional groups attached to an aromatic ring is 1. The molecule has 1 heterocycles. The van der Waals surface area contributed by atoms with Gasteiger partial charge >= 0.3 is 0 Å². The number of nitrogens with two attached hydrogens (primary N) is 1. The van der Waals surface area contributed by atoms with Gasteiger partial charge in [0.1, 0.15) is 5.82 Å². The Labute approximate surface area is 112 Å². The number of sulfonamides is 1. The number of rotatable bonds is 5. The minimum atomic E-state index is -3.37. The smallest absolute Gasteiger partial charge is 0.218 e. The van der Waals surface area contributed by atoms with Gasteiger partial charge in [0.15, 0.2) is 0 Å². The van der Waals surface area contributed by atoms with E-state index >= 15 is 0 Å². The minimum absolute atomic E-state index is 0.0511. The molecule has 0 saturated carbocycles. The first-order valence-electron chi connectivity index (χ1n) is 5.74. The van der Waals surface area contributed by atoms with Gasteiger partial charge < -0.3 is 10.7 Å². The van der Waals surface area contributed by atoms with Crippen molar-refractivity contribution >= 4 is 15.7 Å². The first-order valence-corrected chi connectivity index (χ1v) is 7.35. The average molecular weight is 280 g/mol. The van der Waals surface area contributed by atoms with Crippen molar-refractivity contribution in [3.63, 3.8) is 0 Å². The van der Waals surface area contributed by atoms with E-state index < -0.39 is 10.0 Å². The molecule has 19 heavy (non-hydrogen) atoms. The van der Waals surface area contributed by atoms with Crippen LogP contribution < -0.4 is 5.73 Å². The van der Waals surface area contributed by atoms with Crippen LogP contribution in [0.5, 0.6) is 0 Å². The third kappa shape index (κ3) is 3.55. The molecule has 2 aromatic rings. The predicted octanol–water partition coefficient (Wildman–Crippen LogP) is 0.954. The summed E-state index contributed by atoms with van der Waals surface area (Å²) in [7, 11) is -1.83. The molecular weight excluding hydrogens is 264 g/mol. The number of nitrogens with zero attached hydrogens (tertiary/aromatic N) is 2. The zero-order valence-corrected chi connectivity index (χ0v) is 11.4. The minimum Gasteiger partial charge on any atom is -0.399 e. The number of hydrogen-bond donors (Lipinski definition) is 2. The molecular formula is C12H16N4O2S. The normalized spacial score (nSPS) is 11.9. The van der Waals surface area contributed by atoms with Crippen LogP contribution in [0.2, 0.25) is 0 Å². The van der Waals surface area contributed by atoms with Crippen LogP contribution in [-0.4, -0.2) is 29.7 Å². The molecule has 0 fully saturated rings. The van der Waals surface area contributed by atoms with Crippen LogP contribution in [0.4, 0.5) is 5.69 Å². The standard InChI is InChI=1S/C12H16N4O2S/c1-16(8-12-14-6-7-15-12)19(17,18)9-10-2-4-11(13)5-3-10/h2-7H,8-9,13H2,1H3,(H,14,15). The quantitative estimate of drug-likeness (QED) is 0.798. The van der Waals surface area contributed by atoms with Crippen LogP contribution in [0.3, 0.4) is 0 Å². The monoisotopic (exact) mass is 280 g/mol. The third-order valence-electron chi connectivity index (χ3n) is 2.73. The molecule has 0 aliphatic heterocycles. The molecule has 0 aliphatic rings. The second kappa shape index (κ2) is 5.41. The highest BCUT2D eigenvalue weighted by atomic mass is 32.2. The molecule has 0 radical (unpaired) electrons. The van der Waals surface area contributed by atoms with Gasteiger partial charge in [0.25, 0.3) is 0 Å². The molecule has 102 valence electrons. The van der Waals surface area contributed by atoms with Gasteiger partial charge in [-0.3, -0.25) is 0 Å². The zero-order valence-electron chi connectivity index (χ0n) is 10.6. The summed E-state index contributed by atoms with van der Waals surface area (Å²) in [4.78, 5) is 6.89. The molecule has 0 unspecified atom stereocenters. The van der Waals surface area contributed by atoms with Crippen LogP contribution >= 0.6 is 0 Å². The molecule has 2 rings (SSSR count). The van der Waals surface area contributed by atoms with E-state index in [1.54, 1.807) is 36.7 Å². The molecule has 0 atom stereocenters.